The number of nitrogens with zero attached hydrogens (tertiary/aromatic N) is 3. The molecule has 0 bridgehead atoms. The van der Waals surface area contributed by atoms with Gasteiger partial charge < -0.3 is 14.4 Å². The van der Waals surface area contributed by atoms with E-state index in [-0.39, 0.29) is 11.1 Å². The standard InChI is InChI=1S/C24H25N3O2/c1-16-11-18(21(15-25)26-4)14-19(29-16)8-7-17-12-20-23(22(13-17)28-6)27(5)10-9-24(20,2)3/h7-8,11-14H,9-10H2,1-3,5-6H3/b8-7+,21-18+. The van der Waals surface area contributed by atoms with E-state index in [2.05, 4.69) is 36.7 Å². The van der Waals surface area contributed by atoms with Crippen molar-refractivity contribution in [3.8, 4) is 11.8 Å². The summed E-state index contributed by atoms with van der Waals surface area (Å²) >= 11 is 0. The SMILES string of the molecule is [C-]#[N+]/C(C#N)=C1\C=C(C)OC(/C=C/c2cc(OC)c3c(c2)C(C)(C)CCN3C)=C1. The van der Waals surface area contributed by atoms with Crippen LogP contribution >= 0.6 is 0 Å². The molecule has 0 atom stereocenters. The van der Waals surface area contributed by atoms with Crippen molar-refractivity contribution in [2.24, 2.45) is 0 Å². The Bertz CT molecular complexity index is 1030. The van der Waals surface area contributed by atoms with Crippen LogP contribution in [0.1, 0.15) is 38.3 Å². The lowest BCUT2D eigenvalue weighted by molar-refractivity contribution is 0.318. The van der Waals surface area contributed by atoms with Crippen molar-refractivity contribution in [1.29, 1.82) is 5.26 Å². The third-order valence-electron chi connectivity index (χ3n) is 5.37. The third kappa shape index (κ3) is 4.05. The smallest absolute Gasteiger partial charge is 0.269 e. The first kappa shape index (κ1) is 20.3. The molecule has 148 valence electrons. The summed E-state index contributed by atoms with van der Waals surface area (Å²) in [7, 11) is 3.80. The highest BCUT2D eigenvalue weighted by Crippen LogP contribution is 2.45. The van der Waals surface area contributed by atoms with Gasteiger partial charge in [-0.05, 0) is 65.8 Å². The van der Waals surface area contributed by atoms with Crippen LogP contribution in [0.25, 0.3) is 10.9 Å². The zero-order valence-corrected chi connectivity index (χ0v) is 17.5. The van der Waals surface area contributed by atoms with Gasteiger partial charge in [-0.2, -0.15) is 0 Å². The Morgan fingerprint density at radius 1 is 1.34 bits per heavy atom. The minimum atomic E-state index is 0.0544. The van der Waals surface area contributed by atoms with Crippen molar-refractivity contribution in [2.75, 3.05) is 25.6 Å². The summed E-state index contributed by atoms with van der Waals surface area (Å²) in [6.45, 7) is 14.5. The Morgan fingerprint density at radius 3 is 2.76 bits per heavy atom. The third-order valence-corrected chi connectivity index (χ3v) is 5.37. The Labute approximate surface area is 172 Å². The molecule has 0 fully saturated rings. The first-order valence-corrected chi connectivity index (χ1v) is 9.50. The van der Waals surface area contributed by atoms with Gasteiger partial charge >= 0.3 is 0 Å². The zero-order chi connectivity index (χ0) is 21.2. The summed E-state index contributed by atoms with van der Waals surface area (Å²) in [5, 5.41) is 9.14. The molecule has 3 rings (SSSR count). The Kier molecular flexibility index (Phi) is 5.52. The maximum atomic E-state index is 9.14. The van der Waals surface area contributed by atoms with Crippen LogP contribution in [0.3, 0.4) is 0 Å². The van der Waals surface area contributed by atoms with Crippen molar-refractivity contribution in [3.05, 3.63) is 75.7 Å². The second kappa shape index (κ2) is 7.89. The molecular weight excluding hydrogens is 362 g/mol. The van der Waals surface area contributed by atoms with Gasteiger partial charge in [0.1, 0.15) is 17.3 Å². The van der Waals surface area contributed by atoms with Crippen molar-refractivity contribution in [3.63, 3.8) is 0 Å². The van der Waals surface area contributed by atoms with Gasteiger partial charge in [0.15, 0.2) is 0 Å². The molecule has 5 heteroatoms. The minimum absolute atomic E-state index is 0.0544. The average Bonchev–Trinajstić information content (AvgIpc) is 2.69. The summed E-state index contributed by atoms with van der Waals surface area (Å²) in [5.41, 5.74) is 4.10. The maximum Gasteiger partial charge on any atom is 0.269 e. The topological polar surface area (TPSA) is 49.9 Å². The van der Waals surface area contributed by atoms with Gasteiger partial charge in [0, 0.05) is 13.6 Å². The van der Waals surface area contributed by atoms with Crippen LogP contribution in [-0.2, 0) is 10.2 Å². The minimum Gasteiger partial charge on any atom is -0.495 e. The number of hydrogen-bond acceptors (Lipinski definition) is 4. The molecule has 2 aliphatic heterocycles. The number of hydrogen-bond donors (Lipinski definition) is 0. The van der Waals surface area contributed by atoms with Crippen LogP contribution in [0, 0.1) is 17.9 Å². The lowest BCUT2D eigenvalue weighted by Gasteiger charge is -2.39. The molecule has 2 heterocycles. The van der Waals surface area contributed by atoms with E-state index in [1.807, 2.05) is 24.3 Å². The lowest BCUT2D eigenvalue weighted by atomic mass is 9.77. The average molecular weight is 387 g/mol. The molecule has 1 aromatic rings. The first-order chi connectivity index (χ1) is 13.8. The monoisotopic (exact) mass is 387 g/mol. The van der Waals surface area contributed by atoms with Gasteiger partial charge in [0.25, 0.3) is 5.70 Å². The highest BCUT2D eigenvalue weighted by atomic mass is 16.5. The fraction of sp³-hybridized carbons (Fsp3) is 0.333. The Morgan fingerprint density at radius 2 is 2.10 bits per heavy atom. The molecule has 2 aliphatic rings. The normalized spacial score (nSPS) is 19.3. The van der Waals surface area contributed by atoms with Crippen LogP contribution in [0.2, 0.25) is 0 Å². The summed E-state index contributed by atoms with van der Waals surface area (Å²) in [6, 6.07) is 6.16. The highest BCUT2D eigenvalue weighted by Gasteiger charge is 2.32. The van der Waals surface area contributed by atoms with Crippen LogP contribution in [0.15, 0.2) is 53.1 Å². The van der Waals surface area contributed by atoms with Crippen molar-refractivity contribution < 1.29 is 9.47 Å². The molecule has 0 aliphatic carbocycles. The second-order valence-corrected chi connectivity index (χ2v) is 7.94. The molecule has 0 N–H and O–H groups in total. The molecule has 1 aromatic carbocycles. The van der Waals surface area contributed by atoms with Crippen LogP contribution in [-0.4, -0.2) is 20.7 Å². The lowest BCUT2D eigenvalue weighted by Crippen LogP contribution is -2.35. The molecule has 0 saturated carbocycles. The van der Waals surface area contributed by atoms with E-state index in [4.69, 9.17) is 21.3 Å². The van der Waals surface area contributed by atoms with E-state index in [9.17, 15) is 0 Å². The van der Waals surface area contributed by atoms with Crippen LogP contribution in [0.4, 0.5) is 5.69 Å². The number of rotatable bonds is 3. The molecule has 0 spiro atoms. The van der Waals surface area contributed by atoms with Crippen molar-refractivity contribution in [1.82, 2.24) is 0 Å². The molecule has 0 aromatic heterocycles. The predicted octanol–water partition coefficient (Wildman–Crippen LogP) is 5.34. The summed E-state index contributed by atoms with van der Waals surface area (Å²) in [6.07, 6.45) is 8.32. The fourth-order valence-corrected chi connectivity index (χ4v) is 3.69. The van der Waals surface area contributed by atoms with Gasteiger partial charge in [-0.1, -0.05) is 19.9 Å². The van der Waals surface area contributed by atoms with Gasteiger partial charge in [0.2, 0.25) is 0 Å². The number of ether oxygens (including phenoxy) is 2. The largest absolute Gasteiger partial charge is 0.495 e. The fourth-order valence-electron chi connectivity index (χ4n) is 3.69. The molecule has 0 radical (unpaired) electrons. The summed E-state index contributed by atoms with van der Waals surface area (Å²) in [4.78, 5) is 5.54. The van der Waals surface area contributed by atoms with Crippen LogP contribution in [0.5, 0.6) is 5.75 Å². The molecule has 5 nitrogen and oxygen atoms in total. The van der Waals surface area contributed by atoms with Crippen molar-refractivity contribution in [2.45, 2.75) is 32.6 Å². The zero-order valence-electron chi connectivity index (χ0n) is 17.5. The molecule has 0 saturated heterocycles. The molecule has 0 unspecified atom stereocenters. The van der Waals surface area contributed by atoms with Gasteiger partial charge in [0.05, 0.1) is 25.4 Å². The molecule has 29 heavy (non-hydrogen) atoms. The summed E-state index contributed by atoms with van der Waals surface area (Å²) in [5.74, 6) is 2.08. The quantitative estimate of drug-likeness (QED) is 0.519. The van der Waals surface area contributed by atoms with E-state index in [0.717, 1.165) is 30.0 Å². The second-order valence-electron chi connectivity index (χ2n) is 7.94. The highest BCUT2D eigenvalue weighted by molar-refractivity contribution is 5.72. The molecular formula is C24H25N3O2. The van der Waals surface area contributed by atoms with E-state index < -0.39 is 0 Å². The maximum absolute atomic E-state index is 9.14. The summed E-state index contributed by atoms with van der Waals surface area (Å²) < 4.78 is 11.5. The number of allylic oxidation sites excluding steroid dienone is 6. The Balaban J connectivity index is 2.01. The van der Waals surface area contributed by atoms with Crippen molar-refractivity contribution >= 4 is 11.8 Å². The first-order valence-electron chi connectivity index (χ1n) is 9.50. The molecule has 0 amide bonds. The van der Waals surface area contributed by atoms with E-state index in [0.29, 0.717) is 17.1 Å². The van der Waals surface area contributed by atoms with E-state index >= 15 is 0 Å². The number of methoxy groups -OCH3 is 1. The number of anilines is 1. The number of benzene rings is 1. The number of fused-ring (bicyclic) bond motifs is 1. The van der Waals surface area contributed by atoms with E-state index in [1.54, 1.807) is 26.2 Å². The number of nitriles is 1. The predicted molar refractivity (Wildman–Crippen MR) is 115 cm³/mol. The Hall–Kier alpha value is -3.44. The van der Waals surface area contributed by atoms with Gasteiger partial charge in [-0.25, -0.2) is 10.1 Å². The van der Waals surface area contributed by atoms with Gasteiger partial charge in [-0.15, -0.1) is 0 Å². The van der Waals surface area contributed by atoms with Gasteiger partial charge in [-0.3, -0.25) is 0 Å². The van der Waals surface area contributed by atoms with E-state index in [1.165, 1.54) is 5.56 Å². The van der Waals surface area contributed by atoms with Crippen LogP contribution < -0.4 is 9.64 Å².